The summed E-state index contributed by atoms with van der Waals surface area (Å²) in [7, 11) is 0. The molecule has 0 aliphatic heterocycles. The minimum absolute atomic E-state index is 0.214. The van der Waals surface area contributed by atoms with E-state index in [0.29, 0.717) is 22.8 Å². The average molecular weight is 369 g/mol. The van der Waals surface area contributed by atoms with E-state index in [1.165, 1.54) is 12.3 Å². The van der Waals surface area contributed by atoms with Crippen LogP contribution in [0.15, 0.2) is 45.5 Å². The van der Waals surface area contributed by atoms with Crippen LogP contribution in [-0.4, -0.2) is 17.0 Å². The van der Waals surface area contributed by atoms with Crippen LogP contribution in [0.25, 0.3) is 0 Å². The Bertz CT molecular complexity index is 954. The smallest absolute Gasteiger partial charge is 0.273 e. The van der Waals surface area contributed by atoms with Gasteiger partial charge in [-0.25, -0.2) is 0 Å². The van der Waals surface area contributed by atoms with Gasteiger partial charge in [-0.05, 0) is 39.0 Å². The first kappa shape index (κ1) is 18.2. The molecule has 0 saturated heterocycles. The summed E-state index contributed by atoms with van der Waals surface area (Å²) in [6, 6.07) is 8.27. The van der Waals surface area contributed by atoms with Gasteiger partial charge < -0.3 is 13.7 Å². The minimum atomic E-state index is -0.501. The van der Waals surface area contributed by atoms with Crippen LogP contribution in [0.1, 0.15) is 43.5 Å². The molecule has 3 aromatic rings. The first-order chi connectivity index (χ1) is 13.0. The monoisotopic (exact) mass is 369 g/mol. The van der Waals surface area contributed by atoms with E-state index < -0.39 is 11.8 Å². The van der Waals surface area contributed by atoms with Crippen molar-refractivity contribution < 1.29 is 23.3 Å². The highest BCUT2D eigenvalue weighted by Gasteiger charge is 2.17. The van der Waals surface area contributed by atoms with Gasteiger partial charge in [0.1, 0.15) is 23.9 Å². The Labute approximate surface area is 155 Å². The molecule has 0 saturated carbocycles. The summed E-state index contributed by atoms with van der Waals surface area (Å²) < 4.78 is 16.0. The minimum Gasteiger partial charge on any atom is -0.488 e. The average Bonchev–Trinajstić information content (AvgIpc) is 3.23. The molecule has 140 valence electrons. The summed E-state index contributed by atoms with van der Waals surface area (Å²) in [5.74, 6) is 0.536. The van der Waals surface area contributed by atoms with Crippen molar-refractivity contribution >= 4 is 11.8 Å². The van der Waals surface area contributed by atoms with Crippen molar-refractivity contribution in [2.45, 2.75) is 27.4 Å². The zero-order valence-electron chi connectivity index (χ0n) is 15.2. The number of nitrogens with one attached hydrogen (secondary N) is 2. The summed E-state index contributed by atoms with van der Waals surface area (Å²) >= 11 is 0. The van der Waals surface area contributed by atoms with Gasteiger partial charge in [-0.1, -0.05) is 17.3 Å². The maximum Gasteiger partial charge on any atom is 0.273 e. The van der Waals surface area contributed by atoms with Crippen LogP contribution in [0.5, 0.6) is 5.75 Å². The third-order valence-electron chi connectivity index (χ3n) is 4.08. The number of hydrazine groups is 1. The van der Waals surface area contributed by atoms with Crippen LogP contribution in [0.3, 0.4) is 0 Å². The van der Waals surface area contributed by atoms with Crippen LogP contribution in [0.4, 0.5) is 0 Å². The summed E-state index contributed by atoms with van der Waals surface area (Å²) in [5, 5.41) is 3.88. The molecule has 0 aliphatic rings. The van der Waals surface area contributed by atoms with Crippen LogP contribution in [-0.2, 0) is 6.61 Å². The predicted molar refractivity (Wildman–Crippen MR) is 95.1 cm³/mol. The zero-order valence-corrected chi connectivity index (χ0v) is 15.2. The number of aryl methyl sites for hydroxylation is 3. The molecule has 2 N–H and O–H groups in total. The lowest BCUT2D eigenvalue weighted by Gasteiger charge is -2.12. The second-order valence-corrected chi connectivity index (χ2v) is 5.89. The van der Waals surface area contributed by atoms with E-state index in [1.807, 2.05) is 6.92 Å². The third kappa shape index (κ3) is 4.00. The van der Waals surface area contributed by atoms with Crippen LogP contribution < -0.4 is 15.6 Å². The second-order valence-electron chi connectivity index (χ2n) is 5.89. The largest absolute Gasteiger partial charge is 0.488 e. The van der Waals surface area contributed by atoms with Gasteiger partial charge in [0.25, 0.3) is 11.8 Å². The van der Waals surface area contributed by atoms with Crippen molar-refractivity contribution in [2.75, 3.05) is 0 Å². The number of benzene rings is 1. The Morgan fingerprint density at radius 2 is 1.70 bits per heavy atom. The topological polar surface area (TPSA) is 107 Å². The van der Waals surface area contributed by atoms with Crippen LogP contribution in [0, 0.1) is 20.8 Å². The summed E-state index contributed by atoms with van der Waals surface area (Å²) in [5.41, 5.74) is 6.93. The SMILES string of the molecule is Cc1noc(C)c1COc1ccccc1C(=O)NNC(=O)c1ccoc1C. The number of furan rings is 1. The van der Waals surface area contributed by atoms with Gasteiger partial charge in [0.05, 0.1) is 28.6 Å². The Hall–Kier alpha value is -3.55. The molecule has 0 aliphatic carbocycles. The first-order valence-corrected chi connectivity index (χ1v) is 8.25. The van der Waals surface area contributed by atoms with Crippen molar-refractivity contribution in [3.8, 4) is 5.75 Å². The molecule has 0 fully saturated rings. The molecule has 27 heavy (non-hydrogen) atoms. The molecule has 0 atom stereocenters. The number of nitrogens with zero attached hydrogens (tertiary/aromatic N) is 1. The number of carbonyl (C=O) groups excluding carboxylic acids is 2. The van der Waals surface area contributed by atoms with E-state index in [9.17, 15) is 9.59 Å². The molecule has 8 heteroatoms. The van der Waals surface area contributed by atoms with Crippen molar-refractivity contribution in [1.29, 1.82) is 0 Å². The second kappa shape index (κ2) is 7.77. The number of para-hydroxylation sites is 1. The summed E-state index contributed by atoms with van der Waals surface area (Å²) in [4.78, 5) is 24.5. The van der Waals surface area contributed by atoms with E-state index in [1.54, 1.807) is 38.1 Å². The Kier molecular flexibility index (Phi) is 5.25. The predicted octanol–water partition coefficient (Wildman–Crippen LogP) is 2.85. The van der Waals surface area contributed by atoms with Crippen LogP contribution >= 0.6 is 0 Å². The molecule has 0 bridgehead atoms. The normalized spacial score (nSPS) is 10.5. The lowest BCUT2D eigenvalue weighted by Crippen LogP contribution is -2.41. The fourth-order valence-corrected chi connectivity index (χ4v) is 2.51. The molecule has 0 unspecified atom stereocenters. The van der Waals surface area contributed by atoms with Gasteiger partial charge in [0.15, 0.2) is 0 Å². The highest BCUT2D eigenvalue weighted by molar-refractivity contribution is 6.00. The third-order valence-corrected chi connectivity index (χ3v) is 4.08. The molecular formula is C19H19N3O5. The van der Waals surface area contributed by atoms with Gasteiger partial charge in [0, 0.05) is 0 Å². The number of amides is 2. The maximum atomic E-state index is 12.5. The molecule has 2 amide bonds. The first-order valence-electron chi connectivity index (χ1n) is 8.25. The molecule has 8 nitrogen and oxygen atoms in total. The van der Waals surface area contributed by atoms with E-state index >= 15 is 0 Å². The van der Waals surface area contributed by atoms with Crippen LogP contribution in [0.2, 0.25) is 0 Å². The highest BCUT2D eigenvalue weighted by Crippen LogP contribution is 2.21. The Morgan fingerprint density at radius 3 is 2.33 bits per heavy atom. The fourth-order valence-electron chi connectivity index (χ4n) is 2.51. The molecule has 1 aromatic carbocycles. The standard InChI is InChI=1S/C19H19N3O5/c1-11-16(13(3)27-22-11)10-26-17-7-5-4-6-15(17)19(24)21-20-18(23)14-8-9-25-12(14)2/h4-9H,10H2,1-3H3,(H,20,23)(H,21,24). The number of aromatic nitrogens is 1. The Balaban J connectivity index is 1.67. The number of rotatable bonds is 5. The van der Waals surface area contributed by atoms with Gasteiger partial charge in [-0.2, -0.15) is 0 Å². The van der Waals surface area contributed by atoms with Crippen molar-refractivity contribution in [3.63, 3.8) is 0 Å². The van der Waals surface area contributed by atoms with E-state index in [2.05, 4.69) is 16.0 Å². The van der Waals surface area contributed by atoms with Crippen molar-refractivity contribution in [3.05, 3.63) is 70.5 Å². The molecule has 3 rings (SSSR count). The summed E-state index contributed by atoms with van der Waals surface area (Å²) in [6.45, 7) is 5.49. The molecule has 2 heterocycles. The number of ether oxygens (including phenoxy) is 1. The number of carbonyl (C=O) groups is 2. The quantitative estimate of drug-likeness (QED) is 0.670. The molecule has 0 radical (unpaired) electrons. The van der Waals surface area contributed by atoms with Crippen molar-refractivity contribution in [1.82, 2.24) is 16.0 Å². The maximum absolute atomic E-state index is 12.5. The highest BCUT2D eigenvalue weighted by atomic mass is 16.5. The number of hydrogen-bond acceptors (Lipinski definition) is 6. The van der Waals surface area contributed by atoms with E-state index in [0.717, 1.165) is 11.3 Å². The van der Waals surface area contributed by atoms with Gasteiger partial charge in [-0.15, -0.1) is 0 Å². The van der Waals surface area contributed by atoms with Gasteiger partial charge >= 0.3 is 0 Å². The lowest BCUT2D eigenvalue weighted by molar-refractivity contribution is 0.0843. The van der Waals surface area contributed by atoms with Gasteiger partial charge in [-0.3, -0.25) is 20.4 Å². The zero-order chi connectivity index (χ0) is 19.4. The van der Waals surface area contributed by atoms with Crippen molar-refractivity contribution in [2.24, 2.45) is 0 Å². The van der Waals surface area contributed by atoms with Gasteiger partial charge in [0.2, 0.25) is 0 Å². The molecule has 0 spiro atoms. The molecular weight excluding hydrogens is 350 g/mol. The molecule has 2 aromatic heterocycles. The van der Waals surface area contributed by atoms with E-state index in [-0.39, 0.29) is 12.2 Å². The number of hydrogen-bond donors (Lipinski definition) is 2. The fraction of sp³-hybridized carbons (Fsp3) is 0.211. The summed E-state index contributed by atoms with van der Waals surface area (Å²) in [6.07, 6.45) is 1.41. The van der Waals surface area contributed by atoms with E-state index in [4.69, 9.17) is 13.7 Å². The lowest BCUT2D eigenvalue weighted by atomic mass is 10.2. The Morgan fingerprint density at radius 1 is 1.00 bits per heavy atom.